The van der Waals surface area contributed by atoms with E-state index in [4.69, 9.17) is 0 Å². The van der Waals surface area contributed by atoms with Gasteiger partial charge < -0.3 is 15.5 Å². The molecule has 2 aromatic rings. The van der Waals surface area contributed by atoms with Crippen LogP contribution >= 0.6 is 0 Å². The average molecular weight is 364 g/mol. The summed E-state index contributed by atoms with van der Waals surface area (Å²) >= 11 is 0. The minimum atomic E-state index is -0.0407. The second kappa shape index (κ2) is 7.78. The average Bonchev–Trinajstić information content (AvgIpc) is 3.11. The van der Waals surface area contributed by atoms with E-state index in [0.29, 0.717) is 19.4 Å². The molecule has 6 nitrogen and oxygen atoms in total. The monoisotopic (exact) mass is 364 g/mol. The summed E-state index contributed by atoms with van der Waals surface area (Å²) in [6.07, 6.45) is 4.38. The zero-order valence-electron chi connectivity index (χ0n) is 15.3. The van der Waals surface area contributed by atoms with Gasteiger partial charge in [0, 0.05) is 50.3 Å². The number of amides is 2. The lowest BCUT2D eigenvalue weighted by Crippen LogP contribution is -2.34. The molecule has 140 valence electrons. The molecule has 2 aliphatic rings. The van der Waals surface area contributed by atoms with Gasteiger partial charge in [0.15, 0.2) is 0 Å². The molecule has 0 aliphatic carbocycles. The molecule has 1 unspecified atom stereocenters. The first-order valence-corrected chi connectivity index (χ1v) is 9.51. The van der Waals surface area contributed by atoms with Gasteiger partial charge in [-0.2, -0.15) is 0 Å². The lowest BCUT2D eigenvalue weighted by atomic mass is 9.99. The predicted octanol–water partition coefficient (Wildman–Crippen LogP) is 1.93. The fourth-order valence-corrected chi connectivity index (χ4v) is 3.85. The number of rotatable bonds is 5. The predicted molar refractivity (Wildman–Crippen MR) is 103 cm³/mol. The van der Waals surface area contributed by atoms with Gasteiger partial charge in [0.25, 0.3) is 0 Å². The van der Waals surface area contributed by atoms with Gasteiger partial charge in [-0.3, -0.25) is 9.59 Å². The highest BCUT2D eigenvalue weighted by Crippen LogP contribution is 2.25. The Labute approximate surface area is 159 Å². The van der Waals surface area contributed by atoms with E-state index in [1.165, 1.54) is 11.1 Å². The van der Waals surface area contributed by atoms with Crippen molar-refractivity contribution in [2.24, 2.45) is 0 Å². The third kappa shape index (κ3) is 4.10. The second-order valence-electron chi connectivity index (χ2n) is 7.21. The van der Waals surface area contributed by atoms with E-state index >= 15 is 0 Å². The Morgan fingerprint density at radius 3 is 2.85 bits per heavy atom. The van der Waals surface area contributed by atoms with Gasteiger partial charge in [-0.1, -0.05) is 30.3 Å². The first-order chi connectivity index (χ1) is 13.2. The number of benzene rings is 1. The first-order valence-electron chi connectivity index (χ1n) is 9.51. The van der Waals surface area contributed by atoms with Crippen molar-refractivity contribution in [1.82, 2.24) is 15.6 Å². The number of fused-ring (bicyclic) bond motifs is 1. The van der Waals surface area contributed by atoms with Gasteiger partial charge in [-0.25, -0.2) is 4.98 Å². The molecule has 1 atom stereocenters. The fourth-order valence-electron chi connectivity index (χ4n) is 3.85. The maximum Gasteiger partial charge on any atom is 0.222 e. The molecule has 3 heterocycles. The normalized spacial score (nSPS) is 18.7. The van der Waals surface area contributed by atoms with Crippen molar-refractivity contribution in [3.8, 4) is 0 Å². The van der Waals surface area contributed by atoms with Crippen LogP contribution in [0.4, 0.5) is 5.82 Å². The van der Waals surface area contributed by atoms with E-state index in [-0.39, 0.29) is 17.9 Å². The molecular weight excluding hydrogens is 340 g/mol. The van der Waals surface area contributed by atoms with Crippen LogP contribution in [0.25, 0.3) is 0 Å². The van der Waals surface area contributed by atoms with Gasteiger partial charge in [0.2, 0.25) is 11.8 Å². The Bertz CT molecular complexity index is 852. The standard InChI is InChI=1S/C21H24N4O2/c26-19-8-7-18(24-19)12-20(27)23-13-16-6-3-10-22-21(16)25-11-9-15-4-1-2-5-17(15)14-25/h1-6,10,18H,7-9,11-14H2,(H,23,27)(H,24,26). The summed E-state index contributed by atoms with van der Waals surface area (Å²) in [6.45, 7) is 2.20. The quantitative estimate of drug-likeness (QED) is 0.850. The number of pyridine rings is 1. The van der Waals surface area contributed by atoms with E-state index in [2.05, 4.69) is 44.8 Å². The Morgan fingerprint density at radius 2 is 2.04 bits per heavy atom. The van der Waals surface area contributed by atoms with Crippen molar-refractivity contribution in [2.75, 3.05) is 11.4 Å². The number of hydrogen-bond acceptors (Lipinski definition) is 4. The highest BCUT2D eigenvalue weighted by molar-refractivity contribution is 5.81. The topological polar surface area (TPSA) is 74.3 Å². The molecule has 4 rings (SSSR count). The zero-order valence-corrected chi connectivity index (χ0v) is 15.3. The van der Waals surface area contributed by atoms with Crippen LogP contribution in [0, 0.1) is 0 Å². The number of carbonyl (C=O) groups is 2. The number of nitrogens with one attached hydrogen (secondary N) is 2. The largest absolute Gasteiger partial charge is 0.353 e. The third-order valence-corrected chi connectivity index (χ3v) is 5.29. The number of nitrogens with zero attached hydrogens (tertiary/aromatic N) is 2. The molecule has 1 fully saturated rings. The van der Waals surface area contributed by atoms with Crippen LogP contribution in [0.5, 0.6) is 0 Å². The summed E-state index contributed by atoms with van der Waals surface area (Å²) in [6, 6.07) is 12.4. The van der Waals surface area contributed by atoms with Gasteiger partial charge >= 0.3 is 0 Å². The minimum absolute atomic E-state index is 0.0349. The number of hydrogen-bond donors (Lipinski definition) is 2. The summed E-state index contributed by atoms with van der Waals surface area (Å²) < 4.78 is 0. The third-order valence-electron chi connectivity index (χ3n) is 5.29. The molecule has 1 saturated heterocycles. The van der Waals surface area contributed by atoms with Crippen LogP contribution in [-0.4, -0.2) is 29.4 Å². The molecule has 6 heteroatoms. The summed E-state index contributed by atoms with van der Waals surface area (Å²) in [7, 11) is 0. The number of aromatic nitrogens is 1. The molecule has 0 saturated carbocycles. The Kier molecular flexibility index (Phi) is 5.05. The summed E-state index contributed by atoms with van der Waals surface area (Å²) in [5.41, 5.74) is 3.75. The first kappa shape index (κ1) is 17.5. The Morgan fingerprint density at radius 1 is 1.19 bits per heavy atom. The lowest BCUT2D eigenvalue weighted by Gasteiger charge is -2.31. The van der Waals surface area contributed by atoms with E-state index in [1.807, 2.05) is 12.1 Å². The number of anilines is 1. The molecule has 0 spiro atoms. The molecular formula is C21H24N4O2. The van der Waals surface area contributed by atoms with E-state index in [1.54, 1.807) is 6.20 Å². The Balaban J connectivity index is 1.40. The highest BCUT2D eigenvalue weighted by atomic mass is 16.2. The minimum Gasteiger partial charge on any atom is -0.353 e. The summed E-state index contributed by atoms with van der Waals surface area (Å²) in [5.74, 6) is 0.926. The van der Waals surface area contributed by atoms with Gasteiger partial charge in [-0.15, -0.1) is 0 Å². The van der Waals surface area contributed by atoms with Crippen molar-refractivity contribution in [1.29, 1.82) is 0 Å². The van der Waals surface area contributed by atoms with Crippen LogP contribution < -0.4 is 15.5 Å². The lowest BCUT2D eigenvalue weighted by molar-refractivity contribution is -0.121. The molecule has 2 N–H and O–H groups in total. The van der Waals surface area contributed by atoms with Crippen LogP contribution in [0.1, 0.15) is 36.0 Å². The fraction of sp³-hybridized carbons (Fsp3) is 0.381. The number of carbonyl (C=O) groups excluding carboxylic acids is 2. The molecule has 2 amide bonds. The van der Waals surface area contributed by atoms with Crippen LogP contribution in [0.15, 0.2) is 42.6 Å². The molecule has 2 aliphatic heterocycles. The van der Waals surface area contributed by atoms with E-state index in [0.717, 1.165) is 37.3 Å². The van der Waals surface area contributed by atoms with Crippen molar-refractivity contribution in [3.63, 3.8) is 0 Å². The highest BCUT2D eigenvalue weighted by Gasteiger charge is 2.23. The molecule has 0 radical (unpaired) electrons. The van der Waals surface area contributed by atoms with Crippen molar-refractivity contribution in [3.05, 3.63) is 59.3 Å². The molecule has 1 aromatic heterocycles. The van der Waals surface area contributed by atoms with E-state index < -0.39 is 0 Å². The van der Waals surface area contributed by atoms with Crippen molar-refractivity contribution >= 4 is 17.6 Å². The van der Waals surface area contributed by atoms with E-state index in [9.17, 15) is 9.59 Å². The second-order valence-corrected chi connectivity index (χ2v) is 7.21. The van der Waals surface area contributed by atoms with Gasteiger partial charge in [0.1, 0.15) is 5.82 Å². The van der Waals surface area contributed by atoms with Gasteiger partial charge in [-0.05, 0) is 30.0 Å². The summed E-state index contributed by atoms with van der Waals surface area (Å²) in [4.78, 5) is 30.4. The van der Waals surface area contributed by atoms with Crippen LogP contribution in [0.3, 0.4) is 0 Å². The molecule has 27 heavy (non-hydrogen) atoms. The van der Waals surface area contributed by atoms with Crippen LogP contribution in [0.2, 0.25) is 0 Å². The molecule has 1 aromatic carbocycles. The SMILES string of the molecule is O=C(CC1CCC(=O)N1)NCc1cccnc1N1CCc2ccccc2C1. The molecule has 0 bridgehead atoms. The van der Waals surface area contributed by atoms with Crippen molar-refractivity contribution < 1.29 is 9.59 Å². The van der Waals surface area contributed by atoms with Crippen molar-refractivity contribution in [2.45, 2.75) is 44.8 Å². The smallest absolute Gasteiger partial charge is 0.222 e. The summed E-state index contributed by atoms with van der Waals surface area (Å²) in [5, 5.41) is 5.82. The van der Waals surface area contributed by atoms with Gasteiger partial charge in [0.05, 0.1) is 0 Å². The maximum absolute atomic E-state index is 12.2. The zero-order chi connectivity index (χ0) is 18.6. The Hall–Kier alpha value is -2.89. The van der Waals surface area contributed by atoms with Crippen LogP contribution in [-0.2, 0) is 29.1 Å². The maximum atomic E-state index is 12.2.